The number of hydrogen-bond donors (Lipinski definition) is 0. The molecule has 31 heavy (non-hydrogen) atoms. The van der Waals surface area contributed by atoms with E-state index in [1.165, 1.54) is 11.8 Å². The Balaban J connectivity index is 0.00000272. The number of carbonyl (C=O) groups is 3. The van der Waals surface area contributed by atoms with Gasteiger partial charge in [-0.15, -0.1) is 11.8 Å². The fourth-order valence-electron chi connectivity index (χ4n) is 4.47. The van der Waals surface area contributed by atoms with Gasteiger partial charge in [-0.25, -0.2) is 17.2 Å². The number of likely N-dealkylation sites (tertiary alicyclic amines) is 1. The minimum absolute atomic E-state index is 0. The van der Waals surface area contributed by atoms with E-state index in [2.05, 4.69) is 4.74 Å². The van der Waals surface area contributed by atoms with E-state index in [-0.39, 0.29) is 23.1 Å². The molecule has 1 amide bonds. The molecule has 4 fully saturated rings. The summed E-state index contributed by atoms with van der Waals surface area (Å²) in [7, 11) is -6.07. The first kappa shape index (κ1) is 23.2. The molecule has 0 aromatic heterocycles. The van der Waals surface area contributed by atoms with Crippen LogP contribution in [0.5, 0.6) is 0 Å². The summed E-state index contributed by atoms with van der Waals surface area (Å²) in [6.07, 6.45) is 0.595. The van der Waals surface area contributed by atoms with Crippen molar-refractivity contribution in [1.82, 2.24) is 4.90 Å². The molecule has 3 aliphatic heterocycles. The zero-order valence-corrected chi connectivity index (χ0v) is 24.6. The topological polar surface area (TPSA) is 130 Å². The zero-order valence-electron chi connectivity index (χ0n) is 16.6. The molecule has 1 aliphatic carbocycles. The Hall–Kier alpha value is -2.47. The second kappa shape index (κ2) is 7.30. The number of halogens is 2. The van der Waals surface area contributed by atoms with Gasteiger partial charge in [-0.1, -0.05) is 6.61 Å². The fraction of sp³-hybridized carbons (Fsp3) is 0.765. The van der Waals surface area contributed by atoms with E-state index >= 15 is 0 Å². The molecule has 9 nitrogen and oxygen atoms in total. The summed E-state index contributed by atoms with van der Waals surface area (Å²) < 4.78 is 68.5. The van der Waals surface area contributed by atoms with Crippen LogP contribution in [0.4, 0.5) is 8.78 Å². The molecule has 0 aromatic rings. The van der Waals surface area contributed by atoms with Crippen molar-refractivity contribution in [1.29, 1.82) is 0 Å². The van der Waals surface area contributed by atoms with E-state index < -0.39 is 63.1 Å². The van der Waals surface area contributed by atoms with E-state index in [0.29, 0.717) is 12.8 Å². The van der Waals surface area contributed by atoms with Crippen LogP contribution in [0.15, 0.2) is 0 Å². The maximum atomic E-state index is 13.4. The molecule has 4 rings (SSSR count). The largest absolute Gasteiger partial charge is 0.746 e. The van der Waals surface area contributed by atoms with Gasteiger partial charge in [-0.2, -0.15) is 0 Å². The van der Waals surface area contributed by atoms with Gasteiger partial charge in [0.05, 0.1) is 29.0 Å². The molecular formula is C17H19F2NO8RfS2-2. The summed E-state index contributed by atoms with van der Waals surface area (Å²) in [5, 5.41) is -5.99. The molecule has 6 unspecified atom stereocenters. The van der Waals surface area contributed by atoms with Crippen LogP contribution in [-0.4, -0.2) is 69.7 Å². The summed E-state index contributed by atoms with van der Waals surface area (Å²) in [5.74, 6) is -4.32. The van der Waals surface area contributed by atoms with E-state index in [4.69, 9.17) is 4.74 Å². The third-order valence-electron chi connectivity index (χ3n) is 5.90. The quantitative estimate of drug-likeness (QED) is 0.209. The SMILES string of the molecule is CC(C)N1C(=O)C2C3SC(C(OC(=O)C4CC4)C31)C2C(=O)O[CH-]C(F)(F)S(=O)(=O)[O-].[Rf]. The van der Waals surface area contributed by atoms with E-state index in [0.717, 1.165) is 0 Å². The summed E-state index contributed by atoms with van der Waals surface area (Å²) in [6, 6.07) is -0.676. The third-order valence-corrected chi connectivity index (χ3v) is 8.43. The minimum atomic E-state index is -6.07. The average Bonchev–Trinajstić information content (AvgIpc) is 3.28. The number of amides is 1. The number of rotatable bonds is 7. The molecule has 0 spiro atoms. The number of hydrogen-bond acceptors (Lipinski definition) is 9. The van der Waals surface area contributed by atoms with E-state index in [1.54, 1.807) is 18.7 Å². The number of fused-ring (bicyclic) bond motifs is 1. The molecule has 14 heteroatoms. The van der Waals surface area contributed by atoms with Crippen LogP contribution in [0.25, 0.3) is 0 Å². The van der Waals surface area contributed by atoms with Gasteiger partial charge >= 0.3 is 5.97 Å². The monoisotopic (exact) mass is 734 g/mol. The van der Waals surface area contributed by atoms with E-state index in [1.807, 2.05) is 0 Å². The summed E-state index contributed by atoms with van der Waals surface area (Å²) in [4.78, 5) is 39.4. The first-order chi connectivity index (χ1) is 13.8. The van der Waals surface area contributed by atoms with Crippen LogP contribution in [0.3, 0.4) is 0 Å². The number of ether oxygens (including phenoxy) is 2. The summed E-state index contributed by atoms with van der Waals surface area (Å²) in [5.41, 5.74) is 0. The van der Waals surface area contributed by atoms with Gasteiger partial charge in [-0.05, 0) is 26.7 Å². The Morgan fingerprint density at radius 2 is 1.87 bits per heavy atom. The number of alkyl halides is 2. The van der Waals surface area contributed by atoms with Gasteiger partial charge < -0.3 is 18.9 Å². The van der Waals surface area contributed by atoms with Crippen molar-refractivity contribution in [3.63, 3.8) is 0 Å². The van der Waals surface area contributed by atoms with Gasteiger partial charge in [0, 0.05) is 11.3 Å². The second-order valence-corrected chi connectivity index (χ2v) is 11.0. The van der Waals surface area contributed by atoms with Crippen molar-refractivity contribution in [3.8, 4) is 0 Å². The predicted molar refractivity (Wildman–Crippen MR) is 95.6 cm³/mol. The Kier molecular flexibility index (Phi) is 5.46. The van der Waals surface area contributed by atoms with Crippen LogP contribution in [-0.2, 0) is 34.0 Å². The fourth-order valence-corrected chi connectivity index (χ4v) is 6.73. The number of carbonyl (C=O) groups excluding carboxylic acids is 3. The molecule has 0 aromatic carbocycles. The second-order valence-electron chi connectivity index (χ2n) is 8.19. The molecule has 3 heterocycles. The van der Waals surface area contributed by atoms with Crippen molar-refractivity contribution >= 4 is 39.7 Å². The number of thioether (sulfide) groups is 1. The van der Waals surface area contributed by atoms with Crippen LogP contribution in [0.1, 0.15) is 26.7 Å². The molecule has 2 bridgehead atoms. The third kappa shape index (κ3) is 3.51. The Morgan fingerprint density at radius 1 is 1.26 bits per heavy atom. The van der Waals surface area contributed by atoms with Gasteiger partial charge in [0.1, 0.15) is 16.2 Å². The molecule has 0 radical (unpaired) electrons. The summed E-state index contributed by atoms with van der Waals surface area (Å²) in [6.45, 7) is 2.94. The molecule has 170 valence electrons. The van der Waals surface area contributed by atoms with Crippen LogP contribution < -0.4 is 0 Å². The average molecular weight is 734 g/mol. The van der Waals surface area contributed by atoms with Crippen molar-refractivity contribution in [3.05, 3.63) is 6.61 Å². The van der Waals surface area contributed by atoms with Crippen molar-refractivity contribution < 1.29 is 45.6 Å². The van der Waals surface area contributed by atoms with Gasteiger partial charge in [0.25, 0.3) is 11.2 Å². The van der Waals surface area contributed by atoms with Crippen LogP contribution in [0.2, 0.25) is 0 Å². The minimum Gasteiger partial charge on any atom is -0.746 e. The maximum Gasteiger partial charge on any atom is 0.309 e. The molecule has 1 saturated carbocycles. The van der Waals surface area contributed by atoms with Crippen molar-refractivity contribution in [2.24, 2.45) is 17.8 Å². The van der Waals surface area contributed by atoms with Crippen LogP contribution >= 0.6 is 11.8 Å². The van der Waals surface area contributed by atoms with Gasteiger partial charge in [0.2, 0.25) is 5.91 Å². The zero-order chi connectivity index (χ0) is 22.2. The molecule has 0 N–H and O–H groups in total. The molecular weight excluding hydrogens is 715 g/mol. The van der Waals surface area contributed by atoms with Crippen molar-refractivity contribution in [2.45, 2.75) is 60.6 Å². The standard InChI is InChI=1S/C17H20F2NO8S2.Rf/c1-6(2)20-10-11(28-15(22)7-3-4-7)13-9(8(14(20)21)12(10)29-13)16(23)27-5-17(18,19)30(24,25)26;/h5-13H,3-4H2,1-2H3,(H,24,25,26);/q-1;/p-1. The Labute approximate surface area is 175 Å². The smallest absolute Gasteiger partial charge is 0.309 e. The molecule has 4 aliphatic rings. The number of nitrogens with zero attached hydrogens (tertiary/aromatic N) is 1. The normalized spacial score (nSPS) is 34.1. The first-order valence-corrected chi connectivity index (χ1v) is 11.8. The van der Waals surface area contributed by atoms with E-state index in [9.17, 15) is 36.1 Å². The molecule has 3 saturated heterocycles. The Morgan fingerprint density at radius 3 is 2.39 bits per heavy atom. The van der Waals surface area contributed by atoms with Crippen LogP contribution in [0, 0.1) is 24.4 Å². The van der Waals surface area contributed by atoms with Crippen molar-refractivity contribution in [2.75, 3.05) is 0 Å². The molecule has 6 atom stereocenters. The first-order valence-electron chi connectivity index (χ1n) is 9.41. The summed E-state index contributed by atoms with van der Waals surface area (Å²) >= 11 is 1.27. The maximum absolute atomic E-state index is 13.4. The Bertz CT molecular complexity index is 897. The predicted octanol–water partition coefficient (Wildman–Crippen LogP) is 0.500. The van der Waals surface area contributed by atoms with Gasteiger partial charge in [0.15, 0.2) is 0 Å². The number of esters is 2. The van der Waals surface area contributed by atoms with Gasteiger partial charge in [-0.3, -0.25) is 14.4 Å².